The lowest BCUT2D eigenvalue weighted by molar-refractivity contribution is 0.0716. The second-order valence-corrected chi connectivity index (χ2v) is 4.18. The van der Waals surface area contributed by atoms with E-state index in [1.165, 1.54) is 18.2 Å². The molecule has 0 aliphatic carbocycles. The van der Waals surface area contributed by atoms with Crippen LogP contribution in [0.4, 0.5) is 22.0 Å². The Kier molecular flexibility index (Phi) is 4.13. The zero-order valence-electron chi connectivity index (χ0n) is 9.89. The molecule has 0 aliphatic heterocycles. The maximum absolute atomic E-state index is 13.3. The van der Waals surface area contributed by atoms with Gasteiger partial charge in [-0.15, -0.1) is 0 Å². The van der Waals surface area contributed by atoms with E-state index in [-0.39, 0.29) is 10.6 Å². The van der Waals surface area contributed by atoms with Gasteiger partial charge in [0.1, 0.15) is 0 Å². The Bertz CT molecular complexity index is 704. The molecule has 110 valence electrons. The van der Waals surface area contributed by atoms with E-state index in [9.17, 15) is 26.7 Å². The van der Waals surface area contributed by atoms with Crippen LogP contribution in [0.15, 0.2) is 24.3 Å². The van der Waals surface area contributed by atoms with Gasteiger partial charge in [0.15, 0.2) is 0 Å². The van der Waals surface area contributed by atoms with Crippen LogP contribution in [0.5, 0.6) is 5.75 Å². The van der Waals surface area contributed by atoms with Crippen molar-refractivity contribution in [3.8, 4) is 5.75 Å². The lowest BCUT2D eigenvalue weighted by Crippen LogP contribution is -2.14. The Morgan fingerprint density at radius 1 is 0.857 bits per heavy atom. The number of esters is 1. The summed E-state index contributed by atoms with van der Waals surface area (Å²) >= 11 is 5.66. The van der Waals surface area contributed by atoms with E-state index in [0.717, 1.165) is 6.07 Å². The van der Waals surface area contributed by atoms with Crippen LogP contribution in [-0.4, -0.2) is 5.97 Å². The van der Waals surface area contributed by atoms with Crippen LogP contribution in [0, 0.1) is 29.1 Å². The fraction of sp³-hybridized carbons (Fsp3) is 0. The van der Waals surface area contributed by atoms with Crippen molar-refractivity contribution < 1.29 is 31.5 Å². The monoisotopic (exact) mass is 322 g/mol. The number of halogens is 6. The fourth-order valence-electron chi connectivity index (χ4n) is 1.45. The molecule has 0 unspecified atom stereocenters. The molecule has 0 saturated carbocycles. The van der Waals surface area contributed by atoms with E-state index in [4.69, 9.17) is 11.6 Å². The van der Waals surface area contributed by atoms with Crippen LogP contribution < -0.4 is 4.74 Å². The molecule has 0 radical (unpaired) electrons. The normalized spacial score (nSPS) is 10.6. The Balaban J connectivity index is 2.46. The molecule has 2 nitrogen and oxygen atoms in total. The third kappa shape index (κ3) is 2.69. The topological polar surface area (TPSA) is 26.3 Å². The van der Waals surface area contributed by atoms with E-state index in [1.807, 2.05) is 0 Å². The summed E-state index contributed by atoms with van der Waals surface area (Å²) in [5.41, 5.74) is -0.289. The standard InChI is InChI=1S/C13H4ClF5O2/c14-6-4-2-1-3-5(6)13(20)21-12-10(18)8(16)7(15)9(17)11(12)19/h1-4H. The summed E-state index contributed by atoms with van der Waals surface area (Å²) in [4.78, 5) is 11.7. The fourth-order valence-corrected chi connectivity index (χ4v) is 1.66. The molecule has 2 rings (SSSR count). The molecule has 0 atom stereocenters. The third-order valence-corrected chi connectivity index (χ3v) is 2.79. The van der Waals surface area contributed by atoms with Crippen LogP contribution >= 0.6 is 11.6 Å². The number of rotatable bonds is 2. The van der Waals surface area contributed by atoms with Crippen LogP contribution in [0.1, 0.15) is 10.4 Å². The molecule has 0 spiro atoms. The molecule has 0 heterocycles. The molecule has 0 amide bonds. The van der Waals surface area contributed by atoms with Crippen LogP contribution in [0.25, 0.3) is 0 Å². The highest BCUT2D eigenvalue weighted by molar-refractivity contribution is 6.33. The van der Waals surface area contributed by atoms with Crippen molar-refractivity contribution in [2.45, 2.75) is 0 Å². The smallest absolute Gasteiger partial charge is 0.345 e. The minimum absolute atomic E-state index is 0.105. The zero-order valence-corrected chi connectivity index (χ0v) is 10.6. The predicted molar refractivity (Wildman–Crippen MR) is 62.6 cm³/mol. The molecule has 0 bridgehead atoms. The van der Waals surface area contributed by atoms with Gasteiger partial charge < -0.3 is 4.74 Å². The Morgan fingerprint density at radius 3 is 1.86 bits per heavy atom. The van der Waals surface area contributed by atoms with Gasteiger partial charge in [-0.05, 0) is 12.1 Å². The van der Waals surface area contributed by atoms with E-state index < -0.39 is 40.8 Å². The zero-order chi connectivity index (χ0) is 15.7. The summed E-state index contributed by atoms with van der Waals surface area (Å²) in [5.74, 6) is -14.3. The first-order valence-corrected chi connectivity index (χ1v) is 5.70. The lowest BCUT2D eigenvalue weighted by Gasteiger charge is -2.09. The summed E-state index contributed by atoms with van der Waals surface area (Å²) in [6.07, 6.45) is 0. The van der Waals surface area contributed by atoms with Crippen molar-refractivity contribution in [3.05, 3.63) is 63.9 Å². The molecule has 0 saturated heterocycles. The lowest BCUT2D eigenvalue weighted by atomic mass is 10.2. The first kappa shape index (κ1) is 15.2. The second-order valence-electron chi connectivity index (χ2n) is 3.77. The summed E-state index contributed by atoms with van der Waals surface area (Å²) in [6.45, 7) is 0. The third-order valence-electron chi connectivity index (χ3n) is 2.46. The van der Waals surface area contributed by atoms with Crippen LogP contribution in [0.3, 0.4) is 0 Å². The minimum Gasteiger partial charge on any atom is -0.416 e. The molecular formula is C13H4ClF5O2. The van der Waals surface area contributed by atoms with E-state index >= 15 is 0 Å². The van der Waals surface area contributed by atoms with Gasteiger partial charge in [-0.25, -0.2) is 18.0 Å². The number of carbonyl (C=O) groups is 1. The molecule has 0 aliphatic rings. The van der Waals surface area contributed by atoms with Gasteiger partial charge in [-0.3, -0.25) is 0 Å². The van der Waals surface area contributed by atoms with Gasteiger partial charge in [0.2, 0.25) is 34.8 Å². The quantitative estimate of drug-likeness (QED) is 0.271. The summed E-state index contributed by atoms with van der Waals surface area (Å²) in [6, 6.07) is 5.30. The largest absolute Gasteiger partial charge is 0.416 e. The molecule has 0 N–H and O–H groups in total. The van der Waals surface area contributed by atoms with Gasteiger partial charge in [-0.2, -0.15) is 8.78 Å². The van der Waals surface area contributed by atoms with E-state index in [1.54, 1.807) is 0 Å². The van der Waals surface area contributed by atoms with Crippen molar-refractivity contribution in [1.29, 1.82) is 0 Å². The van der Waals surface area contributed by atoms with Gasteiger partial charge >= 0.3 is 5.97 Å². The van der Waals surface area contributed by atoms with Crippen molar-refractivity contribution in [1.82, 2.24) is 0 Å². The summed E-state index contributed by atoms with van der Waals surface area (Å²) < 4.78 is 69.7. The SMILES string of the molecule is O=C(Oc1c(F)c(F)c(F)c(F)c1F)c1ccccc1Cl. The Labute approximate surface area is 119 Å². The van der Waals surface area contributed by atoms with Gasteiger partial charge in [0, 0.05) is 0 Å². The number of hydrogen-bond donors (Lipinski definition) is 0. The molecule has 2 aromatic rings. The van der Waals surface area contributed by atoms with E-state index in [0.29, 0.717) is 0 Å². The Hall–Kier alpha value is -2.15. The van der Waals surface area contributed by atoms with Crippen molar-refractivity contribution >= 4 is 17.6 Å². The summed E-state index contributed by atoms with van der Waals surface area (Å²) in [7, 11) is 0. The van der Waals surface area contributed by atoms with Crippen molar-refractivity contribution in [3.63, 3.8) is 0 Å². The first-order valence-electron chi connectivity index (χ1n) is 5.32. The predicted octanol–water partition coefficient (Wildman–Crippen LogP) is 4.25. The number of benzene rings is 2. The molecule has 0 fully saturated rings. The minimum atomic E-state index is -2.34. The highest BCUT2D eigenvalue weighted by Crippen LogP contribution is 2.30. The molecule has 21 heavy (non-hydrogen) atoms. The highest BCUT2D eigenvalue weighted by Gasteiger charge is 2.29. The molecule has 0 aromatic heterocycles. The average Bonchev–Trinajstić information content (AvgIpc) is 2.48. The number of ether oxygens (including phenoxy) is 1. The van der Waals surface area contributed by atoms with Crippen LogP contribution in [-0.2, 0) is 0 Å². The van der Waals surface area contributed by atoms with Crippen molar-refractivity contribution in [2.75, 3.05) is 0 Å². The molecule has 2 aromatic carbocycles. The van der Waals surface area contributed by atoms with Crippen LogP contribution in [0.2, 0.25) is 5.02 Å². The molecule has 8 heteroatoms. The maximum Gasteiger partial charge on any atom is 0.345 e. The van der Waals surface area contributed by atoms with E-state index in [2.05, 4.69) is 4.74 Å². The van der Waals surface area contributed by atoms with Crippen molar-refractivity contribution in [2.24, 2.45) is 0 Å². The average molecular weight is 323 g/mol. The van der Waals surface area contributed by atoms with Gasteiger partial charge in [0.05, 0.1) is 10.6 Å². The summed E-state index contributed by atoms with van der Waals surface area (Å²) in [5, 5.41) is -0.105. The Morgan fingerprint density at radius 2 is 1.33 bits per heavy atom. The van der Waals surface area contributed by atoms with Gasteiger partial charge in [0.25, 0.3) is 0 Å². The molecular weight excluding hydrogens is 319 g/mol. The first-order chi connectivity index (χ1) is 9.84. The highest BCUT2D eigenvalue weighted by atomic mass is 35.5. The second kappa shape index (κ2) is 5.69. The van der Waals surface area contributed by atoms with Gasteiger partial charge in [-0.1, -0.05) is 23.7 Å². The number of carbonyl (C=O) groups excluding carboxylic acids is 1. The maximum atomic E-state index is 13.3. The number of hydrogen-bond acceptors (Lipinski definition) is 2.